The summed E-state index contributed by atoms with van der Waals surface area (Å²) in [6.45, 7) is 7.11. The van der Waals surface area contributed by atoms with Crippen molar-refractivity contribution in [1.82, 2.24) is 10.2 Å². The minimum absolute atomic E-state index is 0.184. The second-order valence-electron chi connectivity index (χ2n) is 5.59. The van der Waals surface area contributed by atoms with Crippen LogP contribution >= 0.6 is 0 Å². The zero-order valence-electron chi connectivity index (χ0n) is 12.7. The third-order valence-electron chi connectivity index (χ3n) is 3.94. The van der Waals surface area contributed by atoms with E-state index in [-0.39, 0.29) is 5.91 Å². The van der Waals surface area contributed by atoms with Crippen LogP contribution in [0.1, 0.15) is 49.0 Å². The average Bonchev–Trinajstić information content (AvgIpc) is 2.99. The van der Waals surface area contributed by atoms with Gasteiger partial charge in [-0.3, -0.25) is 4.79 Å². The highest BCUT2D eigenvalue weighted by Gasteiger charge is 2.26. The molecule has 1 saturated heterocycles. The van der Waals surface area contributed by atoms with Gasteiger partial charge in [0.2, 0.25) is 0 Å². The monoisotopic (exact) mass is 274 g/mol. The molecular formula is C17H26N2O. The van der Waals surface area contributed by atoms with Gasteiger partial charge in [-0.05, 0) is 43.5 Å². The van der Waals surface area contributed by atoms with E-state index in [0.29, 0.717) is 6.04 Å². The SMILES string of the molecule is CCCc1ccc(C(=O)N(CCC)C2CCNC2)cc1. The maximum absolute atomic E-state index is 12.7. The molecule has 1 heterocycles. The van der Waals surface area contributed by atoms with Gasteiger partial charge >= 0.3 is 0 Å². The van der Waals surface area contributed by atoms with E-state index in [4.69, 9.17) is 0 Å². The molecule has 1 aromatic carbocycles. The first-order valence-corrected chi connectivity index (χ1v) is 7.86. The minimum atomic E-state index is 0.184. The number of nitrogens with one attached hydrogen (secondary N) is 1. The largest absolute Gasteiger partial charge is 0.334 e. The Hall–Kier alpha value is -1.35. The van der Waals surface area contributed by atoms with Crippen molar-refractivity contribution >= 4 is 5.91 Å². The van der Waals surface area contributed by atoms with Gasteiger partial charge in [-0.2, -0.15) is 0 Å². The second kappa shape index (κ2) is 7.44. The van der Waals surface area contributed by atoms with Crippen LogP contribution < -0.4 is 5.32 Å². The lowest BCUT2D eigenvalue weighted by Crippen LogP contribution is -2.42. The molecule has 0 bridgehead atoms. The lowest BCUT2D eigenvalue weighted by Gasteiger charge is -2.28. The zero-order chi connectivity index (χ0) is 14.4. The first kappa shape index (κ1) is 15.0. The Morgan fingerprint density at radius 1 is 1.25 bits per heavy atom. The minimum Gasteiger partial charge on any atom is -0.334 e. The molecule has 1 atom stereocenters. The molecule has 0 spiro atoms. The summed E-state index contributed by atoms with van der Waals surface area (Å²) < 4.78 is 0. The summed E-state index contributed by atoms with van der Waals surface area (Å²) in [4.78, 5) is 14.7. The Morgan fingerprint density at radius 3 is 2.55 bits per heavy atom. The molecule has 3 nitrogen and oxygen atoms in total. The molecule has 1 aliphatic rings. The van der Waals surface area contributed by atoms with E-state index in [1.165, 1.54) is 5.56 Å². The molecule has 20 heavy (non-hydrogen) atoms. The summed E-state index contributed by atoms with van der Waals surface area (Å²) in [7, 11) is 0. The Labute approximate surface area is 122 Å². The van der Waals surface area contributed by atoms with E-state index in [2.05, 4.69) is 36.2 Å². The summed E-state index contributed by atoms with van der Waals surface area (Å²) in [5.41, 5.74) is 2.14. The molecular weight excluding hydrogens is 248 g/mol. The van der Waals surface area contributed by atoms with Crippen molar-refractivity contribution < 1.29 is 4.79 Å². The van der Waals surface area contributed by atoms with Crippen LogP contribution in [0.15, 0.2) is 24.3 Å². The third-order valence-corrected chi connectivity index (χ3v) is 3.94. The van der Waals surface area contributed by atoms with Crippen LogP contribution in [0.4, 0.5) is 0 Å². The Balaban J connectivity index is 2.09. The van der Waals surface area contributed by atoms with E-state index in [1.807, 2.05) is 12.1 Å². The van der Waals surface area contributed by atoms with Gasteiger partial charge in [0.1, 0.15) is 0 Å². The predicted molar refractivity (Wildman–Crippen MR) is 83.0 cm³/mol. The van der Waals surface area contributed by atoms with Crippen LogP contribution in [0.25, 0.3) is 0 Å². The van der Waals surface area contributed by atoms with Gasteiger partial charge in [0.05, 0.1) is 0 Å². The number of hydrogen-bond acceptors (Lipinski definition) is 2. The number of carbonyl (C=O) groups excluding carboxylic acids is 1. The normalized spacial score (nSPS) is 18.2. The van der Waals surface area contributed by atoms with Gasteiger partial charge in [-0.1, -0.05) is 32.4 Å². The molecule has 1 N–H and O–H groups in total. The van der Waals surface area contributed by atoms with Gasteiger partial charge in [-0.25, -0.2) is 0 Å². The molecule has 0 saturated carbocycles. The maximum Gasteiger partial charge on any atom is 0.254 e. The van der Waals surface area contributed by atoms with Gasteiger partial charge < -0.3 is 10.2 Å². The number of benzene rings is 1. The van der Waals surface area contributed by atoms with Crippen LogP contribution in [-0.4, -0.2) is 36.5 Å². The summed E-state index contributed by atoms with van der Waals surface area (Å²) in [6.07, 6.45) is 4.30. The molecule has 1 unspecified atom stereocenters. The zero-order valence-corrected chi connectivity index (χ0v) is 12.7. The molecule has 1 fully saturated rings. The maximum atomic E-state index is 12.7. The highest BCUT2D eigenvalue weighted by atomic mass is 16.2. The Kier molecular flexibility index (Phi) is 5.60. The number of nitrogens with zero attached hydrogens (tertiary/aromatic N) is 1. The van der Waals surface area contributed by atoms with Gasteiger partial charge in [0.25, 0.3) is 5.91 Å². The second-order valence-corrected chi connectivity index (χ2v) is 5.59. The third kappa shape index (κ3) is 3.60. The molecule has 1 aromatic rings. The number of carbonyl (C=O) groups is 1. The molecule has 1 amide bonds. The van der Waals surface area contributed by atoms with E-state index in [0.717, 1.165) is 50.9 Å². The van der Waals surface area contributed by atoms with Crippen molar-refractivity contribution in [3.8, 4) is 0 Å². The lowest BCUT2D eigenvalue weighted by molar-refractivity contribution is 0.0692. The lowest BCUT2D eigenvalue weighted by atomic mass is 10.1. The van der Waals surface area contributed by atoms with E-state index >= 15 is 0 Å². The summed E-state index contributed by atoms with van der Waals surface area (Å²) in [6, 6.07) is 8.51. The van der Waals surface area contributed by atoms with Crippen molar-refractivity contribution in [3.63, 3.8) is 0 Å². The molecule has 110 valence electrons. The quantitative estimate of drug-likeness (QED) is 0.865. The number of aryl methyl sites for hydroxylation is 1. The van der Waals surface area contributed by atoms with Crippen LogP contribution in [0.5, 0.6) is 0 Å². The highest BCUT2D eigenvalue weighted by Crippen LogP contribution is 2.15. The van der Waals surface area contributed by atoms with Gasteiger partial charge in [0.15, 0.2) is 0 Å². The summed E-state index contributed by atoms with van der Waals surface area (Å²) >= 11 is 0. The standard InChI is InChI=1S/C17H26N2O/c1-3-5-14-6-8-15(9-7-14)17(20)19(12-4-2)16-10-11-18-13-16/h6-9,16,18H,3-5,10-13H2,1-2H3. The highest BCUT2D eigenvalue weighted by molar-refractivity contribution is 5.94. The Bertz CT molecular complexity index is 421. The van der Waals surface area contributed by atoms with Gasteiger partial charge in [-0.15, -0.1) is 0 Å². The van der Waals surface area contributed by atoms with Crippen molar-refractivity contribution in [2.45, 2.75) is 45.6 Å². The van der Waals surface area contributed by atoms with Crippen molar-refractivity contribution in [2.24, 2.45) is 0 Å². The molecule has 0 aliphatic carbocycles. The fraction of sp³-hybridized carbons (Fsp3) is 0.588. The molecule has 3 heteroatoms. The van der Waals surface area contributed by atoms with E-state index in [1.54, 1.807) is 0 Å². The number of rotatable bonds is 6. The fourth-order valence-corrected chi connectivity index (χ4v) is 2.86. The van der Waals surface area contributed by atoms with Crippen molar-refractivity contribution in [1.29, 1.82) is 0 Å². The molecule has 0 radical (unpaired) electrons. The molecule has 0 aromatic heterocycles. The van der Waals surface area contributed by atoms with Crippen molar-refractivity contribution in [2.75, 3.05) is 19.6 Å². The first-order chi connectivity index (χ1) is 9.76. The van der Waals surface area contributed by atoms with Crippen LogP contribution in [0.3, 0.4) is 0 Å². The fourth-order valence-electron chi connectivity index (χ4n) is 2.86. The summed E-state index contributed by atoms with van der Waals surface area (Å²) in [5.74, 6) is 0.184. The van der Waals surface area contributed by atoms with Crippen LogP contribution in [0, 0.1) is 0 Å². The number of amides is 1. The van der Waals surface area contributed by atoms with Crippen molar-refractivity contribution in [3.05, 3.63) is 35.4 Å². The van der Waals surface area contributed by atoms with Crippen LogP contribution in [-0.2, 0) is 6.42 Å². The molecule has 2 rings (SSSR count). The first-order valence-electron chi connectivity index (χ1n) is 7.86. The van der Waals surface area contributed by atoms with Gasteiger partial charge in [0, 0.05) is 24.7 Å². The predicted octanol–water partition coefficient (Wildman–Crippen LogP) is 2.85. The van der Waals surface area contributed by atoms with E-state index in [9.17, 15) is 4.79 Å². The molecule has 1 aliphatic heterocycles. The smallest absolute Gasteiger partial charge is 0.254 e. The topological polar surface area (TPSA) is 32.3 Å². The summed E-state index contributed by atoms with van der Waals surface area (Å²) in [5, 5.41) is 3.35. The number of hydrogen-bond donors (Lipinski definition) is 1. The van der Waals surface area contributed by atoms with E-state index < -0.39 is 0 Å². The Morgan fingerprint density at radius 2 is 2.00 bits per heavy atom. The van der Waals surface area contributed by atoms with Crippen LogP contribution in [0.2, 0.25) is 0 Å². The average molecular weight is 274 g/mol.